The summed E-state index contributed by atoms with van der Waals surface area (Å²) in [7, 11) is 1.44. The predicted molar refractivity (Wildman–Crippen MR) is 91.6 cm³/mol. The van der Waals surface area contributed by atoms with Crippen molar-refractivity contribution >= 4 is 23.4 Å². The maximum absolute atomic E-state index is 12.5. The van der Waals surface area contributed by atoms with Crippen molar-refractivity contribution in [3.63, 3.8) is 0 Å². The zero-order valence-electron chi connectivity index (χ0n) is 13.9. The molecule has 132 valence electrons. The first kappa shape index (κ1) is 18.4. The van der Waals surface area contributed by atoms with E-state index in [1.807, 2.05) is 0 Å². The summed E-state index contributed by atoms with van der Waals surface area (Å²) in [6.45, 7) is 1.91. The summed E-state index contributed by atoms with van der Waals surface area (Å²) in [6, 6.07) is 3.23. The summed E-state index contributed by atoms with van der Waals surface area (Å²) < 4.78 is 10.5. The number of hydrogen-bond acceptors (Lipinski definition) is 4. The highest BCUT2D eigenvalue weighted by Crippen LogP contribution is 2.36. The normalized spacial score (nSPS) is 20.3. The largest absolute Gasteiger partial charge is 0.493 e. The zero-order valence-corrected chi connectivity index (χ0v) is 14.7. The highest BCUT2D eigenvalue weighted by atomic mass is 35.5. The van der Waals surface area contributed by atoms with Crippen molar-refractivity contribution in [1.29, 1.82) is 0 Å². The molecule has 1 aromatic rings. The lowest BCUT2D eigenvalue weighted by Gasteiger charge is -2.27. The van der Waals surface area contributed by atoms with Gasteiger partial charge in [0.1, 0.15) is 0 Å². The summed E-state index contributed by atoms with van der Waals surface area (Å²) in [6.07, 6.45) is 4.21. The van der Waals surface area contributed by atoms with E-state index in [0.717, 1.165) is 31.6 Å². The van der Waals surface area contributed by atoms with Crippen LogP contribution in [0.1, 0.15) is 43.0 Å². The average molecular weight is 355 g/mol. The molecule has 1 aliphatic rings. The third kappa shape index (κ3) is 4.77. The lowest BCUT2D eigenvalue weighted by Crippen LogP contribution is -2.37. The number of nitrogens with two attached hydrogens (primary N) is 1. The van der Waals surface area contributed by atoms with E-state index in [1.54, 1.807) is 6.07 Å². The summed E-state index contributed by atoms with van der Waals surface area (Å²) in [5, 5.41) is 3.23. The van der Waals surface area contributed by atoms with E-state index >= 15 is 0 Å². The van der Waals surface area contributed by atoms with Crippen LogP contribution in [0.15, 0.2) is 12.1 Å². The first-order valence-electron chi connectivity index (χ1n) is 8.00. The second-order valence-corrected chi connectivity index (χ2v) is 6.58. The number of amides is 2. The molecule has 0 bridgehead atoms. The van der Waals surface area contributed by atoms with E-state index in [-0.39, 0.29) is 35.1 Å². The Morgan fingerprint density at radius 3 is 2.54 bits per heavy atom. The van der Waals surface area contributed by atoms with Crippen LogP contribution in [0.3, 0.4) is 0 Å². The Hall–Kier alpha value is -1.95. The number of nitrogens with one attached hydrogen (secondary N) is 1. The van der Waals surface area contributed by atoms with Gasteiger partial charge in [-0.1, -0.05) is 18.5 Å². The number of hydrogen-bond donors (Lipinski definition) is 2. The predicted octanol–water partition coefficient (Wildman–Crippen LogP) is 2.52. The minimum Gasteiger partial charge on any atom is -0.493 e. The Labute approximate surface area is 146 Å². The van der Waals surface area contributed by atoms with Crippen LogP contribution in [-0.2, 0) is 4.79 Å². The molecule has 0 spiro atoms. The molecular formula is C17H23ClN2O4. The third-order valence-corrected chi connectivity index (χ3v) is 4.48. The van der Waals surface area contributed by atoms with Gasteiger partial charge in [-0.25, -0.2) is 0 Å². The maximum atomic E-state index is 12.5. The van der Waals surface area contributed by atoms with Crippen LogP contribution in [0.5, 0.6) is 11.5 Å². The highest BCUT2D eigenvalue weighted by molar-refractivity contribution is 6.32. The van der Waals surface area contributed by atoms with Gasteiger partial charge in [0.25, 0.3) is 11.8 Å². The smallest absolute Gasteiger partial charge is 0.255 e. The van der Waals surface area contributed by atoms with Crippen LogP contribution in [0, 0.1) is 5.92 Å². The molecule has 0 atom stereocenters. The van der Waals surface area contributed by atoms with Gasteiger partial charge in [-0.05, 0) is 43.7 Å². The van der Waals surface area contributed by atoms with Crippen LogP contribution < -0.4 is 20.5 Å². The molecule has 2 rings (SSSR count). The SMILES string of the molecule is COc1cc(C(=O)NC2CCC(C)CC2)cc(Cl)c1OCC(N)=O. The van der Waals surface area contributed by atoms with Crippen molar-refractivity contribution in [2.24, 2.45) is 11.7 Å². The molecule has 0 radical (unpaired) electrons. The molecule has 1 fully saturated rings. The van der Waals surface area contributed by atoms with Crippen molar-refractivity contribution < 1.29 is 19.1 Å². The third-order valence-electron chi connectivity index (χ3n) is 4.20. The van der Waals surface area contributed by atoms with E-state index in [2.05, 4.69) is 12.2 Å². The van der Waals surface area contributed by atoms with Gasteiger partial charge in [0.2, 0.25) is 0 Å². The van der Waals surface area contributed by atoms with E-state index in [0.29, 0.717) is 5.56 Å². The molecule has 1 aliphatic carbocycles. The van der Waals surface area contributed by atoms with Gasteiger partial charge in [0, 0.05) is 11.6 Å². The van der Waals surface area contributed by atoms with Gasteiger partial charge >= 0.3 is 0 Å². The van der Waals surface area contributed by atoms with Crippen molar-refractivity contribution in [3.8, 4) is 11.5 Å². The van der Waals surface area contributed by atoms with Crippen LogP contribution in [0.4, 0.5) is 0 Å². The minimum absolute atomic E-state index is 0.184. The molecule has 0 saturated heterocycles. The fraction of sp³-hybridized carbons (Fsp3) is 0.529. The molecule has 0 aliphatic heterocycles. The van der Waals surface area contributed by atoms with Gasteiger partial charge in [0.15, 0.2) is 18.1 Å². The van der Waals surface area contributed by atoms with Crippen LogP contribution in [-0.4, -0.2) is 31.6 Å². The quantitative estimate of drug-likeness (QED) is 0.821. The molecule has 24 heavy (non-hydrogen) atoms. The molecule has 0 unspecified atom stereocenters. The molecule has 1 saturated carbocycles. The lowest BCUT2D eigenvalue weighted by molar-refractivity contribution is -0.119. The number of rotatable bonds is 6. The summed E-state index contributed by atoms with van der Waals surface area (Å²) >= 11 is 6.17. The Morgan fingerprint density at radius 1 is 1.29 bits per heavy atom. The van der Waals surface area contributed by atoms with Crippen molar-refractivity contribution in [2.75, 3.05) is 13.7 Å². The molecule has 2 amide bonds. The summed E-state index contributed by atoms with van der Waals surface area (Å²) in [4.78, 5) is 23.3. The number of halogens is 1. The summed E-state index contributed by atoms with van der Waals surface area (Å²) in [5.41, 5.74) is 5.45. The van der Waals surface area contributed by atoms with Gasteiger partial charge in [0.05, 0.1) is 12.1 Å². The Kier molecular flexibility index (Phi) is 6.31. The first-order valence-corrected chi connectivity index (χ1v) is 8.38. The van der Waals surface area contributed by atoms with Crippen LogP contribution in [0.25, 0.3) is 0 Å². The van der Waals surface area contributed by atoms with Gasteiger partial charge in [-0.3, -0.25) is 9.59 Å². The maximum Gasteiger partial charge on any atom is 0.255 e. The lowest BCUT2D eigenvalue weighted by atomic mass is 9.87. The fourth-order valence-corrected chi connectivity index (χ4v) is 3.07. The van der Waals surface area contributed by atoms with Crippen LogP contribution >= 0.6 is 11.6 Å². The summed E-state index contributed by atoms with van der Waals surface area (Å²) in [5.74, 6) is 0.374. The van der Waals surface area contributed by atoms with Crippen molar-refractivity contribution in [2.45, 2.75) is 38.6 Å². The first-order chi connectivity index (χ1) is 11.4. The number of ether oxygens (including phenoxy) is 2. The van der Waals surface area contributed by atoms with E-state index in [1.165, 1.54) is 13.2 Å². The zero-order chi connectivity index (χ0) is 17.7. The van der Waals surface area contributed by atoms with E-state index in [4.69, 9.17) is 26.8 Å². The van der Waals surface area contributed by atoms with Crippen molar-refractivity contribution in [1.82, 2.24) is 5.32 Å². The Morgan fingerprint density at radius 2 is 1.96 bits per heavy atom. The van der Waals surface area contributed by atoms with Gasteiger partial charge in [-0.2, -0.15) is 0 Å². The minimum atomic E-state index is -0.624. The Bertz CT molecular complexity index is 613. The average Bonchev–Trinajstić information content (AvgIpc) is 2.54. The number of carbonyl (C=O) groups excluding carboxylic acids is 2. The van der Waals surface area contributed by atoms with Gasteiger partial charge in [-0.15, -0.1) is 0 Å². The second kappa shape index (κ2) is 8.24. The highest BCUT2D eigenvalue weighted by Gasteiger charge is 2.22. The number of primary amides is 1. The second-order valence-electron chi connectivity index (χ2n) is 6.17. The van der Waals surface area contributed by atoms with Gasteiger partial charge < -0.3 is 20.5 Å². The molecule has 1 aromatic carbocycles. The number of carbonyl (C=O) groups is 2. The monoisotopic (exact) mass is 354 g/mol. The van der Waals surface area contributed by atoms with Crippen molar-refractivity contribution in [3.05, 3.63) is 22.7 Å². The van der Waals surface area contributed by atoms with E-state index in [9.17, 15) is 9.59 Å². The topological polar surface area (TPSA) is 90.7 Å². The molecule has 0 aromatic heterocycles. The molecule has 0 heterocycles. The fourth-order valence-electron chi connectivity index (χ4n) is 2.81. The molecule has 6 nitrogen and oxygen atoms in total. The number of methoxy groups -OCH3 is 1. The Balaban J connectivity index is 2.11. The van der Waals surface area contributed by atoms with Crippen LogP contribution in [0.2, 0.25) is 5.02 Å². The number of benzene rings is 1. The molecule has 7 heteroatoms. The molecular weight excluding hydrogens is 332 g/mol. The van der Waals surface area contributed by atoms with E-state index < -0.39 is 5.91 Å². The standard InChI is InChI=1S/C17H23ClN2O4/c1-10-3-5-12(6-4-10)20-17(22)11-7-13(18)16(14(8-11)23-2)24-9-15(19)21/h7-8,10,12H,3-6,9H2,1-2H3,(H2,19,21)(H,20,22). The molecule has 3 N–H and O–H groups in total.